The highest BCUT2D eigenvalue weighted by atomic mass is 35.5. The van der Waals surface area contributed by atoms with Gasteiger partial charge in [0.2, 0.25) is 0 Å². The average molecular weight is 318 g/mol. The van der Waals surface area contributed by atoms with Crippen molar-refractivity contribution in [3.8, 4) is 0 Å². The second kappa shape index (κ2) is 6.15. The molecular weight excluding hydrogens is 306 g/mol. The minimum absolute atomic E-state index is 0.526. The molecule has 3 heterocycles. The number of hydrogen-bond acceptors (Lipinski definition) is 5. The summed E-state index contributed by atoms with van der Waals surface area (Å²) in [4.78, 5) is 8.90. The molecule has 5 nitrogen and oxygen atoms in total. The van der Waals surface area contributed by atoms with E-state index >= 15 is 0 Å². The topological polar surface area (TPSA) is 62.2 Å². The summed E-state index contributed by atoms with van der Waals surface area (Å²) in [6, 6.07) is 5.47. The first-order chi connectivity index (χ1) is 10.3. The van der Waals surface area contributed by atoms with Crippen LogP contribution in [0.3, 0.4) is 0 Å². The normalized spacial score (nSPS) is 15.2. The van der Waals surface area contributed by atoms with Crippen molar-refractivity contribution in [2.45, 2.75) is 6.42 Å². The fourth-order valence-electron chi connectivity index (χ4n) is 2.04. The molecule has 0 aliphatic carbocycles. The van der Waals surface area contributed by atoms with E-state index in [0.717, 1.165) is 35.6 Å². The predicted molar refractivity (Wildman–Crippen MR) is 88.0 cm³/mol. The number of hydrazone groups is 1. The highest BCUT2D eigenvalue weighted by Gasteiger charge is 2.19. The van der Waals surface area contributed by atoms with Crippen LogP contribution in [0.15, 0.2) is 41.9 Å². The molecule has 0 saturated heterocycles. The largest absolute Gasteiger partial charge is 0.382 e. The first kappa shape index (κ1) is 13.9. The number of aromatic nitrogens is 2. The van der Waals surface area contributed by atoms with Gasteiger partial charge in [0.05, 0.1) is 16.4 Å². The molecule has 21 heavy (non-hydrogen) atoms. The number of fused-ring (bicyclic) bond motifs is 1. The minimum atomic E-state index is 0.526. The Morgan fingerprint density at radius 1 is 1.38 bits per heavy atom. The third kappa shape index (κ3) is 3.01. The van der Waals surface area contributed by atoms with Crippen molar-refractivity contribution in [1.82, 2.24) is 15.4 Å². The van der Waals surface area contributed by atoms with Gasteiger partial charge in [-0.05, 0) is 18.2 Å². The van der Waals surface area contributed by atoms with Crippen LogP contribution in [0.5, 0.6) is 0 Å². The lowest BCUT2D eigenvalue weighted by Gasteiger charge is -2.19. The van der Waals surface area contributed by atoms with Gasteiger partial charge < -0.3 is 5.32 Å². The summed E-state index contributed by atoms with van der Waals surface area (Å²) >= 11 is 11.4. The lowest BCUT2D eigenvalue weighted by Crippen LogP contribution is -2.25. The second-order valence-corrected chi connectivity index (χ2v) is 5.25. The quantitative estimate of drug-likeness (QED) is 0.658. The van der Waals surface area contributed by atoms with Crippen molar-refractivity contribution in [3.63, 3.8) is 0 Å². The van der Waals surface area contributed by atoms with Crippen molar-refractivity contribution in [3.05, 3.63) is 53.1 Å². The summed E-state index contributed by atoms with van der Waals surface area (Å²) in [7, 11) is 0. The number of nitrogens with one attached hydrogen (secondary N) is 2. The number of thiocarbonyl (C=S) groups is 1. The van der Waals surface area contributed by atoms with E-state index in [1.54, 1.807) is 24.7 Å². The van der Waals surface area contributed by atoms with Crippen LogP contribution in [0.4, 0.5) is 5.69 Å². The third-order valence-electron chi connectivity index (χ3n) is 3.05. The van der Waals surface area contributed by atoms with Crippen molar-refractivity contribution in [2.24, 2.45) is 5.10 Å². The first-order valence-corrected chi connectivity index (χ1v) is 7.20. The zero-order chi connectivity index (χ0) is 14.7. The van der Waals surface area contributed by atoms with E-state index in [-0.39, 0.29) is 0 Å². The molecule has 0 amide bonds. The van der Waals surface area contributed by atoms with Crippen LogP contribution < -0.4 is 10.7 Å². The minimum Gasteiger partial charge on any atom is -0.382 e. The van der Waals surface area contributed by atoms with Crippen molar-refractivity contribution in [2.75, 3.05) is 11.9 Å². The van der Waals surface area contributed by atoms with Gasteiger partial charge in [0, 0.05) is 37.1 Å². The molecule has 0 atom stereocenters. The molecule has 7 heteroatoms. The van der Waals surface area contributed by atoms with Gasteiger partial charge in [0.15, 0.2) is 0 Å². The molecule has 0 fully saturated rings. The Morgan fingerprint density at radius 2 is 2.29 bits per heavy atom. The zero-order valence-electron chi connectivity index (χ0n) is 11.0. The maximum absolute atomic E-state index is 6.15. The lowest BCUT2D eigenvalue weighted by molar-refractivity contribution is 0.977. The van der Waals surface area contributed by atoms with Crippen molar-refractivity contribution in [1.29, 1.82) is 0 Å². The van der Waals surface area contributed by atoms with Crippen LogP contribution in [0.2, 0.25) is 5.02 Å². The molecule has 0 saturated carbocycles. The SMILES string of the molecule is S=C(N/N=C1/CCNc2c(Cl)ccnc21)c1cccnc1. The molecule has 0 spiro atoms. The molecule has 2 aromatic heterocycles. The average Bonchev–Trinajstić information content (AvgIpc) is 2.54. The molecule has 1 aliphatic heterocycles. The van der Waals surface area contributed by atoms with Crippen molar-refractivity contribution < 1.29 is 0 Å². The van der Waals surface area contributed by atoms with E-state index in [4.69, 9.17) is 23.8 Å². The Kier molecular flexibility index (Phi) is 4.08. The van der Waals surface area contributed by atoms with Crippen LogP contribution in [-0.2, 0) is 0 Å². The standard InChI is InChI=1S/C14H12ClN5S/c15-10-3-6-18-13-11(4-7-17-12(10)13)19-20-14(21)9-2-1-5-16-8-9/h1-3,5-6,8,17H,4,7H2,(H,20,21)/b19-11-. The number of halogens is 1. The summed E-state index contributed by atoms with van der Waals surface area (Å²) < 4.78 is 0. The van der Waals surface area contributed by atoms with Crippen LogP contribution in [0.1, 0.15) is 17.7 Å². The van der Waals surface area contributed by atoms with Gasteiger partial charge in [-0.25, -0.2) is 0 Å². The van der Waals surface area contributed by atoms with Gasteiger partial charge in [-0.2, -0.15) is 5.10 Å². The van der Waals surface area contributed by atoms with Gasteiger partial charge in [-0.1, -0.05) is 23.8 Å². The molecule has 0 radical (unpaired) electrons. The van der Waals surface area contributed by atoms with Gasteiger partial charge >= 0.3 is 0 Å². The van der Waals surface area contributed by atoms with Crippen LogP contribution in [0.25, 0.3) is 0 Å². The first-order valence-electron chi connectivity index (χ1n) is 6.41. The molecule has 2 N–H and O–H groups in total. The summed E-state index contributed by atoms with van der Waals surface area (Å²) in [6.45, 7) is 0.762. The molecular formula is C14H12ClN5S. The fraction of sp³-hybridized carbons (Fsp3) is 0.143. The summed E-state index contributed by atoms with van der Waals surface area (Å²) in [5.41, 5.74) is 6.13. The summed E-state index contributed by atoms with van der Waals surface area (Å²) in [6.07, 6.45) is 5.82. The summed E-state index contributed by atoms with van der Waals surface area (Å²) in [5.74, 6) is 0. The van der Waals surface area contributed by atoms with E-state index in [9.17, 15) is 0 Å². The fourth-order valence-corrected chi connectivity index (χ4v) is 2.42. The molecule has 1 aliphatic rings. The summed E-state index contributed by atoms with van der Waals surface area (Å²) in [5, 5.41) is 8.25. The number of rotatable bonds is 2. The maximum Gasteiger partial charge on any atom is 0.128 e. The van der Waals surface area contributed by atoms with Crippen molar-refractivity contribution >= 4 is 40.2 Å². The van der Waals surface area contributed by atoms with Crippen LogP contribution in [0, 0.1) is 0 Å². The van der Waals surface area contributed by atoms with Gasteiger partial charge in [-0.15, -0.1) is 0 Å². The Balaban J connectivity index is 1.83. The number of anilines is 1. The van der Waals surface area contributed by atoms with E-state index < -0.39 is 0 Å². The molecule has 0 aromatic carbocycles. The van der Waals surface area contributed by atoms with Gasteiger partial charge in [0.25, 0.3) is 0 Å². The Morgan fingerprint density at radius 3 is 3.10 bits per heavy atom. The van der Waals surface area contributed by atoms with Gasteiger partial charge in [-0.3, -0.25) is 15.4 Å². The van der Waals surface area contributed by atoms with E-state index in [1.807, 2.05) is 12.1 Å². The number of pyridine rings is 2. The second-order valence-electron chi connectivity index (χ2n) is 4.43. The predicted octanol–water partition coefficient (Wildman–Crippen LogP) is 2.62. The van der Waals surface area contributed by atoms with E-state index in [0.29, 0.717) is 10.0 Å². The lowest BCUT2D eigenvalue weighted by atomic mass is 10.1. The Bertz CT molecular complexity index is 702. The van der Waals surface area contributed by atoms with Crippen LogP contribution in [-0.4, -0.2) is 27.2 Å². The smallest absolute Gasteiger partial charge is 0.128 e. The van der Waals surface area contributed by atoms with E-state index in [1.165, 1.54) is 0 Å². The van der Waals surface area contributed by atoms with Gasteiger partial charge in [0.1, 0.15) is 10.7 Å². The molecule has 0 bridgehead atoms. The molecule has 2 aromatic rings. The Hall–Kier alpha value is -2.05. The zero-order valence-corrected chi connectivity index (χ0v) is 12.6. The maximum atomic E-state index is 6.15. The molecule has 3 rings (SSSR count). The van der Waals surface area contributed by atoms with Crippen LogP contribution >= 0.6 is 23.8 Å². The molecule has 0 unspecified atom stereocenters. The Labute approximate surface area is 132 Å². The third-order valence-corrected chi connectivity index (χ3v) is 3.70. The number of hydrogen-bond donors (Lipinski definition) is 2. The molecule has 106 valence electrons. The van der Waals surface area contributed by atoms with E-state index in [2.05, 4.69) is 25.8 Å². The number of nitrogens with zero attached hydrogens (tertiary/aromatic N) is 3. The highest BCUT2D eigenvalue weighted by molar-refractivity contribution is 7.80. The monoisotopic (exact) mass is 317 g/mol. The highest BCUT2D eigenvalue weighted by Crippen LogP contribution is 2.28.